The summed E-state index contributed by atoms with van der Waals surface area (Å²) >= 11 is 0. The highest BCUT2D eigenvalue weighted by Crippen LogP contribution is 2.32. The summed E-state index contributed by atoms with van der Waals surface area (Å²) in [4.78, 5) is 27.9. The molecule has 3 N–H and O–H groups in total. The average Bonchev–Trinajstić information content (AvgIpc) is 3.37. The molecule has 202 valence electrons. The van der Waals surface area contributed by atoms with E-state index in [4.69, 9.17) is 15.7 Å². The van der Waals surface area contributed by atoms with Gasteiger partial charge in [0.1, 0.15) is 11.3 Å². The number of fused-ring (bicyclic) bond motifs is 1. The highest BCUT2D eigenvalue weighted by Gasteiger charge is 2.28. The van der Waals surface area contributed by atoms with Crippen LogP contribution < -0.4 is 5.73 Å². The van der Waals surface area contributed by atoms with Gasteiger partial charge >= 0.3 is 5.97 Å². The van der Waals surface area contributed by atoms with E-state index >= 15 is 0 Å². The van der Waals surface area contributed by atoms with Gasteiger partial charge in [-0.1, -0.05) is 42.5 Å². The summed E-state index contributed by atoms with van der Waals surface area (Å²) < 4.78 is 2.05. The molecule has 1 aliphatic carbocycles. The molecule has 1 fully saturated rings. The number of nitrogen functional groups attached to an aromatic ring is 1. The Morgan fingerprint density at radius 1 is 0.950 bits per heavy atom. The second-order valence-electron chi connectivity index (χ2n) is 10.5. The molecule has 0 spiro atoms. The average molecular weight is 533 g/mol. The number of benzene rings is 2. The Morgan fingerprint density at radius 3 is 2.40 bits per heavy atom. The molecule has 8 heteroatoms. The van der Waals surface area contributed by atoms with Gasteiger partial charge in [-0.3, -0.25) is 14.3 Å². The molecule has 3 heterocycles. The third kappa shape index (κ3) is 5.05. The normalized spacial score (nSPS) is 17.4. The number of nitrogens with zero attached hydrogens (tertiary/aromatic N) is 5. The van der Waals surface area contributed by atoms with Crippen molar-refractivity contribution in [1.82, 2.24) is 24.4 Å². The molecule has 0 unspecified atom stereocenters. The van der Waals surface area contributed by atoms with Crippen LogP contribution in [0.2, 0.25) is 0 Å². The number of imidazole rings is 1. The first-order valence-electron chi connectivity index (χ1n) is 13.7. The van der Waals surface area contributed by atoms with Crippen LogP contribution in [0.15, 0.2) is 85.1 Å². The van der Waals surface area contributed by atoms with Crippen LogP contribution in [0.25, 0.3) is 39.5 Å². The van der Waals surface area contributed by atoms with E-state index in [-0.39, 0.29) is 5.92 Å². The van der Waals surface area contributed by atoms with Gasteiger partial charge < -0.3 is 10.8 Å². The van der Waals surface area contributed by atoms with Gasteiger partial charge in [0.05, 0.1) is 17.2 Å². The van der Waals surface area contributed by atoms with E-state index in [1.807, 2.05) is 54.6 Å². The molecular formula is C32H32N6O2. The van der Waals surface area contributed by atoms with Crippen molar-refractivity contribution in [2.45, 2.75) is 38.3 Å². The fourth-order valence-corrected chi connectivity index (χ4v) is 5.69. The Bertz CT molecular complexity index is 1640. The number of carbonyl (C=O) groups is 1. The van der Waals surface area contributed by atoms with Crippen LogP contribution >= 0.6 is 0 Å². The summed E-state index contributed by atoms with van der Waals surface area (Å²) in [5.41, 5.74) is 12.6. The molecule has 6 rings (SSSR count). The van der Waals surface area contributed by atoms with Gasteiger partial charge in [-0.05, 0) is 74.7 Å². The fourth-order valence-electron chi connectivity index (χ4n) is 5.69. The molecule has 2 aromatic carbocycles. The van der Waals surface area contributed by atoms with Crippen molar-refractivity contribution in [3.05, 3.63) is 90.6 Å². The Hall–Kier alpha value is -4.56. The highest BCUT2D eigenvalue weighted by molar-refractivity contribution is 5.84. The quantitative estimate of drug-likeness (QED) is 0.272. The zero-order valence-electron chi connectivity index (χ0n) is 22.4. The van der Waals surface area contributed by atoms with Crippen LogP contribution in [0, 0.1) is 5.92 Å². The highest BCUT2D eigenvalue weighted by atomic mass is 16.4. The van der Waals surface area contributed by atoms with E-state index in [9.17, 15) is 9.90 Å². The Kier molecular flexibility index (Phi) is 7.00. The lowest BCUT2D eigenvalue weighted by molar-refractivity contribution is -0.143. The second kappa shape index (κ2) is 10.9. The van der Waals surface area contributed by atoms with Crippen LogP contribution in [-0.4, -0.2) is 48.6 Å². The van der Waals surface area contributed by atoms with E-state index < -0.39 is 5.97 Å². The van der Waals surface area contributed by atoms with E-state index in [1.54, 1.807) is 6.20 Å². The first kappa shape index (κ1) is 25.7. The zero-order valence-corrected chi connectivity index (χ0v) is 22.4. The molecule has 1 saturated carbocycles. The number of carboxylic acids is 1. The maximum absolute atomic E-state index is 11.3. The minimum atomic E-state index is -0.665. The summed E-state index contributed by atoms with van der Waals surface area (Å²) in [6.45, 7) is 0.798. The summed E-state index contributed by atoms with van der Waals surface area (Å²) in [5, 5.41) is 9.31. The monoisotopic (exact) mass is 532 g/mol. The number of carboxylic acid groups (broad SMARTS) is 1. The van der Waals surface area contributed by atoms with Crippen molar-refractivity contribution < 1.29 is 9.90 Å². The molecule has 3 aromatic heterocycles. The summed E-state index contributed by atoms with van der Waals surface area (Å²) in [6.07, 6.45) is 5.00. The van der Waals surface area contributed by atoms with Crippen LogP contribution in [0.1, 0.15) is 31.2 Å². The lowest BCUT2D eigenvalue weighted by atomic mass is 9.85. The van der Waals surface area contributed by atoms with E-state index in [0.29, 0.717) is 17.7 Å². The number of rotatable bonds is 7. The minimum absolute atomic E-state index is 0.201. The molecule has 8 nitrogen and oxygen atoms in total. The van der Waals surface area contributed by atoms with Crippen molar-refractivity contribution in [2.24, 2.45) is 5.92 Å². The predicted octanol–water partition coefficient (Wildman–Crippen LogP) is 5.81. The fraction of sp³-hybridized carbons (Fsp3) is 0.250. The number of aromatic nitrogens is 4. The first-order chi connectivity index (χ1) is 19.5. The molecule has 0 atom stereocenters. The maximum Gasteiger partial charge on any atom is 0.306 e. The Labute approximate surface area is 233 Å². The van der Waals surface area contributed by atoms with Gasteiger partial charge in [0.25, 0.3) is 0 Å². The molecule has 1 aliphatic rings. The topological polar surface area (TPSA) is 110 Å². The smallest absolute Gasteiger partial charge is 0.306 e. The van der Waals surface area contributed by atoms with E-state index in [2.05, 4.69) is 45.8 Å². The summed E-state index contributed by atoms with van der Waals surface area (Å²) in [6, 6.07) is 26.8. The SMILES string of the molecule is CN(Cc1ccc(-n2c(-c3cccnc3N)nc3ccc(-c4ccccc4)nc32)cc1)[C@H]1CC[C@H](C(=O)O)CC1. The van der Waals surface area contributed by atoms with Crippen molar-refractivity contribution in [2.75, 3.05) is 12.8 Å². The molecule has 0 bridgehead atoms. The van der Waals surface area contributed by atoms with Gasteiger partial charge in [0.2, 0.25) is 0 Å². The number of pyridine rings is 2. The lowest BCUT2D eigenvalue weighted by Gasteiger charge is -2.33. The van der Waals surface area contributed by atoms with E-state index in [1.165, 1.54) is 5.56 Å². The Morgan fingerprint density at radius 2 is 1.70 bits per heavy atom. The molecule has 0 aliphatic heterocycles. The van der Waals surface area contributed by atoms with Crippen molar-refractivity contribution in [3.63, 3.8) is 0 Å². The Balaban J connectivity index is 1.34. The number of nitrogens with two attached hydrogens (primary N) is 1. The summed E-state index contributed by atoms with van der Waals surface area (Å²) in [5.74, 6) is 0.242. The van der Waals surface area contributed by atoms with Gasteiger partial charge in [-0.15, -0.1) is 0 Å². The van der Waals surface area contributed by atoms with Gasteiger partial charge in [0, 0.05) is 30.0 Å². The van der Waals surface area contributed by atoms with Crippen molar-refractivity contribution in [3.8, 4) is 28.3 Å². The molecule has 0 amide bonds. The van der Waals surface area contributed by atoms with Gasteiger partial charge in [0.15, 0.2) is 11.5 Å². The summed E-state index contributed by atoms with van der Waals surface area (Å²) in [7, 11) is 2.13. The third-order valence-corrected chi connectivity index (χ3v) is 7.95. The lowest BCUT2D eigenvalue weighted by Crippen LogP contribution is -2.36. The minimum Gasteiger partial charge on any atom is -0.481 e. The zero-order chi connectivity index (χ0) is 27.6. The predicted molar refractivity (Wildman–Crippen MR) is 157 cm³/mol. The number of anilines is 1. The van der Waals surface area contributed by atoms with Crippen LogP contribution in [0.5, 0.6) is 0 Å². The second-order valence-corrected chi connectivity index (χ2v) is 10.5. The molecule has 0 radical (unpaired) electrons. The number of hydrogen-bond acceptors (Lipinski definition) is 6. The number of hydrogen-bond donors (Lipinski definition) is 2. The molecule has 0 saturated heterocycles. The van der Waals surface area contributed by atoms with Crippen LogP contribution in [0.4, 0.5) is 5.82 Å². The van der Waals surface area contributed by atoms with Crippen molar-refractivity contribution >= 4 is 23.0 Å². The standard InChI is InChI=1S/C32H32N6O2/c1-37(24-15-11-23(12-16-24)32(39)40)20-21-9-13-25(14-10-21)38-30(26-8-5-19-34-29(26)33)36-28-18-17-27(35-31(28)38)22-6-3-2-4-7-22/h2-10,13-14,17-19,23-24H,11-12,15-16,20H2,1H3,(H2,33,34)(H,39,40)/t23-,24-. The number of aliphatic carboxylic acids is 1. The van der Waals surface area contributed by atoms with Crippen LogP contribution in [-0.2, 0) is 11.3 Å². The molecule has 40 heavy (non-hydrogen) atoms. The van der Waals surface area contributed by atoms with Crippen LogP contribution in [0.3, 0.4) is 0 Å². The first-order valence-corrected chi connectivity index (χ1v) is 13.7. The third-order valence-electron chi connectivity index (χ3n) is 7.95. The molecule has 5 aromatic rings. The molecular weight excluding hydrogens is 500 g/mol. The van der Waals surface area contributed by atoms with E-state index in [0.717, 1.165) is 65.9 Å². The maximum atomic E-state index is 11.3. The van der Waals surface area contributed by atoms with Gasteiger partial charge in [-0.2, -0.15) is 0 Å². The largest absolute Gasteiger partial charge is 0.481 e. The van der Waals surface area contributed by atoms with Gasteiger partial charge in [-0.25, -0.2) is 15.0 Å². The van der Waals surface area contributed by atoms with Crippen molar-refractivity contribution in [1.29, 1.82) is 0 Å².